The van der Waals surface area contributed by atoms with Gasteiger partial charge in [0.2, 0.25) is 0 Å². The van der Waals surface area contributed by atoms with Crippen molar-refractivity contribution < 1.29 is 5.11 Å². The van der Waals surface area contributed by atoms with Crippen molar-refractivity contribution in [3.05, 3.63) is 47.8 Å². The maximum atomic E-state index is 9.32. The van der Waals surface area contributed by atoms with Crippen LogP contribution in [-0.4, -0.2) is 20.4 Å². The van der Waals surface area contributed by atoms with Crippen molar-refractivity contribution in [2.75, 3.05) is 5.75 Å². The van der Waals surface area contributed by atoms with Crippen molar-refractivity contribution in [2.45, 2.75) is 18.3 Å². The molecule has 0 saturated carbocycles. The highest BCUT2D eigenvalue weighted by atomic mass is 32.2. The van der Waals surface area contributed by atoms with Gasteiger partial charge in [0.1, 0.15) is 0 Å². The van der Waals surface area contributed by atoms with Gasteiger partial charge in [-0.3, -0.25) is 0 Å². The van der Waals surface area contributed by atoms with E-state index in [-0.39, 0.29) is 6.61 Å². The number of terminal acetylenes is 1. The van der Waals surface area contributed by atoms with E-state index in [1.165, 1.54) is 17.3 Å². The van der Waals surface area contributed by atoms with E-state index in [0.717, 1.165) is 10.9 Å². The van der Waals surface area contributed by atoms with Gasteiger partial charge in [0, 0.05) is 6.54 Å². The highest BCUT2D eigenvalue weighted by molar-refractivity contribution is 7.99. The van der Waals surface area contributed by atoms with Gasteiger partial charge in [-0.15, -0.1) is 6.42 Å². The summed E-state index contributed by atoms with van der Waals surface area (Å²) in [4.78, 5) is 4.29. The van der Waals surface area contributed by atoms with Crippen molar-refractivity contribution in [1.29, 1.82) is 0 Å². The molecule has 3 nitrogen and oxygen atoms in total. The average molecular weight is 258 g/mol. The molecular weight excluding hydrogens is 244 g/mol. The number of aliphatic hydroxyl groups excluding tert-OH is 1. The van der Waals surface area contributed by atoms with Crippen molar-refractivity contribution >= 4 is 11.8 Å². The molecule has 1 heterocycles. The lowest BCUT2D eigenvalue weighted by molar-refractivity contribution is 0.270. The number of aliphatic hydroxyl groups is 1. The van der Waals surface area contributed by atoms with Gasteiger partial charge >= 0.3 is 0 Å². The molecule has 0 fully saturated rings. The molecule has 1 aromatic carbocycles. The van der Waals surface area contributed by atoms with E-state index in [0.29, 0.717) is 12.3 Å². The highest BCUT2D eigenvalue weighted by Gasteiger charge is 2.09. The average Bonchev–Trinajstić information content (AvgIpc) is 2.80. The quantitative estimate of drug-likeness (QED) is 0.659. The van der Waals surface area contributed by atoms with E-state index in [4.69, 9.17) is 6.42 Å². The van der Waals surface area contributed by atoms with Gasteiger partial charge in [0.15, 0.2) is 5.16 Å². The van der Waals surface area contributed by atoms with Crippen LogP contribution in [0.15, 0.2) is 41.7 Å². The van der Waals surface area contributed by atoms with Crippen LogP contribution in [0.5, 0.6) is 0 Å². The molecule has 0 bridgehead atoms. The third kappa shape index (κ3) is 2.95. The molecular formula is C14H14N2OS. The Hall–Kier alpha value is -1.70. The van der Waals surface area contributed by atoms with Crippen molar-refractivity contribution in [1.82, 2.24) is 9.55 Å². The van der Waals surface area contributed by atoms with E-state index in [9.17, 15) is 5.11 Å². The SMILES string of the molecule is C#CCSc1ncc(CO)n1Cc1ccccc1. The molecule has 0 aliphatic heterocycles. The molecule has 2 aromatic rings. The largest absolute Gasteiger partial charge is 0.390 e. The Morgan fingerprint density at radius 3 is 2.78 bits per heavy atom. The van der Waals surface area contributed by atoms with Gasteiger partial charge in [0.05, 0.1) is 24.3 Å². The van der Waals surface area contributed by atoms with Crippen LogP contribution in [0.25, 0.3) is 0 Å². The maximum absolute atomic E-state index is 9.32. The third-order valence-corrected chi connectivity index (χ3v) is 3.43. The van der Waals surface area contributed by atoms with E-state index in [2.05, 4.69) is 23.0 Å². The zero-order valence-corrected chi connectivity index (χ0v) is 10.7. The molecule has 0 spiro atoms. The topological polar surface area (TPSA) is 38.1 Å². The van der Waals surface area contributed by atoms with Gasteiger partial charge in [-0.25, -0.2) is 4.98 Å². The smallest absolute Gasteiger partial charge is 0.169 e. The number of aromatic nitrogens is 2. The van der Waals surface area contributed by atoms with Crippen LogP contribution in [0.4, 0.5) is 0 Å². The summed E-state index contributed by atoms with van der Waals surface area (Å²) >= 11 is 1.51. The standard InChI is InChI=1S/C14H14N2OS/c1-2-8-18-14-15-9-13(11-17)16(14)10-12-6-4-3-5-7-12/h1,3-7,9,17H,8,10-11H2. The number of thioether (sulfide) groups is 1. The fraction of sp³-hybridized carbons (Fsp3) is 0.214. The minimum Gasteiger partial charge on any atom is -0.390 e. The Morgan fingerprint density at radius 1 is 1.33 bits per heavy atom. The monoisotopic (exact) mass is 258 g/mol. The molecule has 1 N–H and O–H groups in total. The van der Waals surface area contributed by atoms with Gasteiger partial charge < -0.3 is 9.67 Å². The molecule has 0 radical (unpaired) electrons. The minimum atomic E-state index is -0.0174. The summed E-state index contributed by atoms with van der Waals surface area (Å²) in [6.07, 6.45) is 6.96. The van der Waals surface area contributed by atoms with Gasteiger partial charge in [-0.2, -0.15) is 0 Å². The first-order valence-electron chi connectivity index (χ1n) is 5.60. The van der Waals surface area contributed by atoms with Crippen LogP contribution < -0.4 is 0 Å². The zero-order chi connectivity index (χ0) is 12.8. The lowest BCUT2D eigenvalue weighted by atomic mass is 10.2. The number of hydrogen-bond acceptors (Lipinski definition) is 3. The Labute approximate surface area is 111 Å². The van der Waals surface area contributed by atoms with Crippen molar-refractivity contribution in [2.24, 2.45) is 0 Å². The second kappa shape index (κ2) is 6.29. The highest BCUT2D eigenvalue weighted by Crippen LogP contribution is 2.19. The summed E-state index contributed by atoms with van der Waals surface area (Å²) in [7, 11) is 0. The summed E-state index contributed by atoms with van der Waals surface area (Å²) in [5.74, 6) is 3.16. The van der Waals surface area contributed by atoms with Crippen molar-refractivity contribution in [3.8, 4) is 12.3 Å². The molecule has 2 rings (SSSR count). The molecule has 4 heteroatoms. The lowest BCUT2D eigenvalue weighted by Crippen LogP contribution is -2.06. The molecule has 0 aliphatic carbocycles. The van der Waals surface area contributed by atoms with Gasteiger partial charge in [-0.1, -0.05) is 48.0 Å². The summed E-state index contributed by atoms with van der Waals surface area (Å²) in [6.45, 7) is 0.681. The number of benzene rings is 1. The van der Waals surface area contributed by atoms with E-state index < -0.39 is 0 Å². The predicted molar refractivity (Wildman–Crippen MR) is 73.3 cm³/mol. The fourth-order valence-electron chi connectivity index (χ4n) is 1.67. The first kappa shape index (κ1) is 12.7. The number of hydrogen-bond donors (Lipinski definition) is 1. The molecule has 0 aliphatic rings. The van der Waals surface area contributed by atoms with Crippen LogP contribution in [-0.2, 0) is 13.2 Å². The number of nitrogens with zero attached hydrogens (tertiary/aromatic N) is 2. The Kier molecular flexibility index (Phi) is 4.46. The second-order valence-electron chi connectivity index (χ2n) is 3.75. The third-order valence-electron chi connectivity index (χ3n) is 2.53. The van der Waals surface area contributed by atoms with Crippen LogP contribution in [0, 0.1) is 12.3 Å². The predicted octanol–water partition coefficient (Wildman–Crippen LogP) is 2.15. The van der Waals surface area contributed by atoms with Gasteiger partial charge in [-0.05, 0) is 5.56 Å². The van der Waals surface area contributed by atoms with Crippen LogP contribution in [0.1, 0.15) is 11.3 Å². The van der Waals surface area contributed by atoms with E-state index in [1.807, 2.05) is 22.8 Å². The zero-order valence-electron chi connectivity index (χ0n) is 9.91. The van der Waals surface area contributed by atoms with Crippen LogP contribution in [0.2, 0.25) is 0 Å². The number of rotatable bonds is 5. The summed E-state index contributed by atoms with van der Waals surface area (Å²) in [5.41, 5.74) is 1.98. The fourth-order valence-corrected chi connectivity index (χ4v) is 2.35. The molecule has 0 amide bonds. The Bertz CT molecular complexity index is 543. The van der Waals surface area contributed by atoms with E-state index >= 15 is 0 Å². The van der Waals surface area contributed by atoms with Gasteiger partial charge in [0.25, 0.3) is 0 Å². The summed E-state index contributed by atoms with van der Waals surface area (Å²) < 4.78 is 2.00. The number of imidazole rings is 1. The van der Waals surface area contributed by atoms with Crippen LogP contribution >= 0.6 is 11.8 Å². The molecule has 0 unspecified atom stereocenters. The molecule has 1 aromatic heterocycles. The molecule has 0 saturated heterocycles. The minimum absolute atomic E-state index is 0.0174. The first-order chi connectivity index (χ1) is 8.85. The lowest BCUT2D eigenvalue weighted by Gasteiger charge is -2.09. The Balaban J connectivity index is 2.24. The molecule has 0 atom stereocenters. The Morgan fingerprint density at radius 2 is 2.11 bits per heavy atom. The summed E-state index contributed by atoms with van der Waals surface area (Å²) in [5, 5.41) is 10.2. The first-order valence-corrected chi connectivity index (χ1v) is 6.59. The van der Waals surface area contributed by atoms with Crippen LogP contribution in [0.3, 0.4) is 0 Å². The molecule has 18 heavy (non-hydrogen) atoms. The second-order valence-corrected chi connectivity index (χ2v) is 4.70. The summed E-state index contributed by atoms with van der Waals surface area (Å²) in [6, 6.07) is 10.1. The molecule has 92 valence electrons. The van der Waals surface area contributed by atoms with Crippen molar-refractivity contribution in [3.63, 3.8) is 0 Å². The van der Waals surface area contributed by atoms with E-state index in [1.54, 1.807) is 6.20 Å². The maximum Gasteiger partial charge on any atom is 0.169 e. The normalized spacial score (nSPS) is 10.2.